The minimum Gasteiger partial charge on any atom is -0.444 e. The first-order valence-corrected chi connectivity index (χ1v) is 6.85. The Hall–Kier alpha value is -0.990. The molecule has 0 aromatic heterocycles. The summed E-state index contributed by atoms with van der Waals surface area (Å²) in [5.41, 5.74) is -0.552. The normalized spacial score (nSPS) is 24.8. The van der Waals surface area contributed by atoms with Gasteiger partial charge in [0, 0.05) is 5.54 Å². The molecule has 1 heterocycles. The van der Waals surface area contributed by atoms with Gasteiger partial charge in [-0.1, -0.05) is 12.2 Å². The maximum absolute atomic E-state index is 12.5. The van der Waals surface area contributed by atoms with E-state index < -0.39 is 5.60 Å². The van der Waals surface area contributed by atoms with Crippen molar-refractivity contribution in [1.29, 1.82) is 0 Å². The third-order valence-corrected chi connectivity index (χ3v) is 4.02. The van der Waals surface area contributed by atoms with Crippen molar-refractivity contribution >= 4 is 6.09 Å². The largest absolute Gasteiger partial charge is 0.444 e. The second kappa shape index (κ2) is 4.01. The fourth-order valence-corrected chi connectivity index (χ4v) is 3.23. The van der Waals surface area contributed by atoms with Crippen LogP contribution in [0, 0.1) is 0 Å². The summed E-state index contributed by atoms with van der Waals surface area (Å²) < 4.78 is 5.60. The number of hydrogen-bond donors (Lipinski definition) is 0. The fraction of sp³-hybridized carbons (Fsp3) is 0.800. The number of amides is 1. The summed E-state index contributed by atoms with van der Waals surface area (Å²) in [5.74, 6) is 0. The summed E-state index contributed by atoms with van der Waals surface area (Å²) in [6, 6.07) is 0. The van der Waals surface area contributed by atoms with E-state index in [4.69, 9.17) is 4.74 Å². The Labute approximate surface area is 110 Å². The molecule has 0 bridgehead atoms. The van der Waals surface area contributed by atoms with E-state index in [-0.39, 0.29) is 17.2 Å². The average molecular weight is 251 g/mol. The van der Waals surface area contributed by atoms with Gasteiger partial charge < -0.3 is 4.74 Å². The number of carbonyl (C=O) groups is 1. The Kier molecular flexibility index (Phi) is 2.99. The van der Waals surface area contributed by atoms with E-state index in [0.29, 0.717) is 0 Å². The zero-order chi connectivity index (χ0) is 13.6. The molecular formula is C15H25NO2. The Morgan fingerprint density at radius 2 is 1.72 bits per heavy atom. The number of hydrogen-bond acceptors (Lipinski definition) is 2. The average Bonchev–Trinajstić information content (AvgIpc) is 2.70. The molecular weight excluding hydrogens is 226 g/mol. The van der Waals surface area contributed by atoms with Gasteiger partial charge in [0.15, 0.2) is 0 Å². The van der Waals surface area contributed by atoms with E-state index >= 15 is 0 Å². The summed E-state index contributed by atoms with van der Waals surface area (Å²) in [7, 11) is 0. The molecule has 2 aliphatic rings. The van der Waals surface area contributed by atoms with E-state index in [1.807, 2.05) is 25.7 Å². The van der Waals surface area contributed by atoms with Crippen molar-refractivity contribution in [3.63, 3.8) is 0 Å². The van der Waals surface area contributed by atoms with Crippen LogP contribution < -0.4 is 0 Å². The van der Waals surface area contributed by atoms with Gasteiger partial charge >= 0.3 is 6.09 Å². The van der Waals surface area contributed by atoms with Crippen molar-refractivity contribution in [3.8, 4) is 0 Å². The summed E-state index contributed by atoms with van der Waals surface area (Å²) in [5, 5.41) is 0. The van der Waals surface area contributed by atoms with Crippen molar-refractivity contribution in [3.05, 3.63) is 12.2 Å². The van der Waals surface area contributed by atoms with Crippen LogP contribution in [0.4, 0.5) is 4.79 Å². The van der Waals surface area contributed by atoms with E-state index in [2.05, 4.69) is 26.0 Å². The molecule has 1 amide bonds. The van der Waals surface area contributed by atoms with Gasteiger partial charge in [-0.15, -0.1) is 0 Å². The van der Waals surface area contributed by atoms with Crippen LogP contribution in [-0.4, -0.2) is 27.7 Å². The second-order valence-corrected chi connectivity index (χ2v) is 7.23. The van der Waals surface area contributed by atoms with Crippen LogP contribution in [0.3, 0.4) is 0 Å². The smallest absolute Gasteiger partial charge is 0.411 e. The van der Waals surface area contributed by atoms with E-state index in [1.165, 1.54) is 0 Å². The van der Waals surface area contributed by atoms with Crippen LogP contribution in [0.1, 0.15) is 60.3 Å². The minimum atomic E-state index is -0.428. The molecule has 0 atom stereocenters. The van der Waals surface area contributed by atoms with Gasteiger partial charge in [-0.05, 0) is 60.3 Å². The molecule has 0 saturated carbocycles. The van der Waals surface area contributed by atoms with Crippen molar-refractivity contribution in [2.75, 3.05) is 0 Å². The van der Waals surface area contributed by atoms with E-state index in [9.17, 15) is 4.79 Å². The predicted molar refractivity (Wildman–Crippen MR) is 72.5 cm³/mol. The lowest BCUT2D eigenvalue weighted by atomic mass is 9.93. The molecule has 0 radical (unpaired) electrons. The maximum atomic E-state index is 12.5. The third kappa shape index (κ3) is 2.27. The molecule has 1 spiro atoms. The number of likely N-dealkylation sites (tertiary alicyclic amines) is 1. The zero-order valence-electron chi connectivity index (χ0n) is 12.2. The van der Waals surface area contributed by atoms with Gasteiger partial charge in [0.2, 0.25) is 0 Å². The minimum absolute atomic E-state index is 0.0220. The molecule has 1 aliphatic heterocycles. The molecule has 1 aliphatic carbocycles. The molecule has 3 nitrogen and oxygen atoms in total. The Morgan fingerprint density at radius 1 is 1.17 bits per heavy atom. The topological polar surface area (TPSA) is 29.5 Å². The zero-order valence-corrected chi connectivity index (χ0v) is 12.2. The summed E-state index contributed by atoms with van der Waals surface area (Å²) in [4.78, 5) is 14.5. The molecule has 1 saturated heterocycles. The van der Waals surface area contributed by atoms with Gasteiger partial charge in [0.05, 0.1) is 5.54 Å². The van der Waals surface area contributed by atoms with E-state index in [0.717, 1.165) is 25.7 Å². The Morgan fingerprint density at radius 3 is 2.22 bits per heavy atom. The highest BCUT2D eigenvalue weighted by Crippen LogP contribution is 2.48. The molecule has 0 N–H and O–H groups in total. The van der Waals surface area contributed by atoms with Crippen molar-refractivity contribution < 1.29 is 9.53 Å². The van der Waals surface area contributed by atoms with Crippen LogP contribution >= 0.6 is 0 Å². The van der Waals surface area contributed by atoms with Crippen LogP contribution in [0.15, 0.2) is 12.2 Å². The highest BCUT2D eigenvalue weighted by Gasteiger charge is 2.53. The maximum Gasteiger partial charge on any atom is 0.411 e. The van der Waals surface area contributed by atoms with Crippen molar-refractivity contribution in [2.24, 2.45) is 0 Å². The monoisotopic (exact) mass is 251 g/mol. The second-order valence-electron chi connectivity index (χ2n) is 7.23. The molecule has 102 valence electrons. The SMILES string of the molecule is CC(C)(C)OC(=O)N1C(C)(C)CCC12CC=CC2. The summed E-state index contributed by atoms with van der Waals surface area (Å²) in [6.45, 7) is 10.1. The highest BCUT2D eigenvalue weighted by molar-refractivity contribution is 5.71. The molecule has 18 heavy (non-hydrogen) atoms. The van der Waals surface area contributed by atoms with Gasteiger partial charge in [0.25, 0.3) is 0 Å². The number of rotatable bonds is 0. The first-order valence-electron chi connectivity index (χ1n) is 6.85. The van der Waals surface area contributed by atoms with Crippen molar-refractivity contribution in [2.45, 2.75) is 77.0 Å². The first kappa shape index (κ1) is 13.4. The summed E-state index contributed by atoms with van der Waals surface area (Å²) >= 11 is 0. The molecule has 0 aromatic carbocycles. The molecule has 2 rings (SSSR count). The van der Waals surface area contributed by atoms with Crippen molar-refractivity contribution in [1.82, 2.24) is 4.90 Å². The highest BCUT2D eigenvalue weighted by atomic mass is 16.6. The number of carbonyl (C=O) groups excluding carboxylic acids is 1. The standard InChI is InChI=1S/C15H25NO2/c1-13(2,3)18-12(17)16-14(4,5)10-11-15(16)8-6-7-9-15/h6-7H,8-11H2,1-5H3. The lowest BCUT2D eigenvalue weighted by Gasteiger charge is -2.42. The van der Waals surface area contributed by atoms with Crippen LogP contribution in [-0.2, 0) is 4.74 Å². The van der Waals surface area contributed by atoms with Gasteiger partial charge in [-0.3, -0.25) is 4.90 Å². The molecule has 0 aromatic rings. The lowest BCUT2D eigenvalue weighted by Crippen LogP contribution is -2.55. The van der Waals surface area contributed by atoms with E-state index in [1.54, 1.807) is 0 Å². The Bertz CT molecular complexity index is 368. The Balaban J connectivity index is 2.23. The van der Waals surface area contributed by atoms with Gasteiger partial charge in [-0.2, -0.15) is 0 Å². The molecule has 1 fully saturated rings. The van der Waals surface area contributed by atoms with Gasteiger partial charge in [-0.25, -0.2) is 4.79 Å². The number of ether oxygens (including phenoxy) is 1. The molecule has 3 heteroatoms. The molecule has 0 unspecified atom stereocenters. The predicted octanol–water partition coefficient (Wildman–Crippen LogP) is 3.88. The fourth-order valence-electron chi connectivity index (χ4n) is 3.23. The third-order valence-electron chi connectivity index (χ3n) is 4.02. The van der Waals surface area contributed by atoms with Crippen LogP contribution in [0.25, 0.3) is 0 Å². The quantitative estimate of drug-likeness (QED) is 0.611. The van der Waals surface area contributed by atoms with Crippen LogP contribution in [0.2, 0.25) is 0 Å². The number of nitrogens with zero attached hydrogens (tertiary/aromatic N) is 1. The summed E-state index contributed by atoms with van der Waals surface area (Å²) in [6.07, 6.45) is 8.29. The van der Waals surface area contributed by atoms with Crippen LogP contribution in [0.5, 0.6) is 0 Å². The first-order chi connectivity index (χ1) is 8.16. The van der Waals surface area contributed by atoms with Gasteiger partial charge in [0.1, 0.15) is 5.60 Å². The lowest BCUT2D eigenvalue weighted by molar-refractivity contribution is -0.0133.